The molecule has 11 heteroatoms. The first kappa shape index (κ1) is 33.4. The van der Waals surface area contributed by atoms with Crippen molar-refractivity contribution in [2.45, 2.75) is 95.4 Å². The number of aromatic nitrogens is 4. The molecule has 0 unspecified atom stereocenters. The van der Waals surface area contributed by atoms with Gasteiger partial charge in [-0.25, -0.2) is 9.97 Å². The number of aliphatic hydroxyl groups is 2. The molecule has 46 heavy (non-hydrogen) atoms. The summed E-state index contributed by atoms with van der Waals surface area (Å²) in [5.41, 5.74) is 17.2. The highest BCUT2D eigenvalue weighted by Crippen LogP contribution is 2.26. The van der Waals surface area contributed by atoms with Crippen molar-refractivity contribution in [1.82, 2.24) is 19.9 Å². The van der Waals surface area contributed by atoms with E-state index in [0.29, 0.717) is 12.1 Å². The van der Waals surface area contributed by atoms with E-state index in [2.05, 4.69) is 61.8 Å². The molecule has 0 saturated heterocycles. The van der Waals surface area contributed by atoms with Gasteiger partial charge in [0.15, 0.2) is 0 Å². The van der Waals surface area contributed by atoms with Crippen molar-refractivity contribution < 1.29 is 10.2 Å². The van der Waals surface area contributed by atoms with Crippen LogP contribution in [-0.4, -0.2) is 54.4 Å². The number of nitrogens with one attached hydrogen (secondary N) is 2. The van der Waals surface area contributed by atoms with E-state index in [1.165, 1.54) is 11.1 Å². The Morgan fingerprint density at radius 2 is 1.04 bits per heavy atom. The lowest BCUT2D eigenvalue weighted by Gasteiger charge is -2.27. The highest BCUT2D eigenvalue weighted by Gasteiger charge is 2.22. The van der Waals surface area contributed by atoms with Crippen LogP contribution in [0.25, 0.3) is 0 Å². The Balaban J connectivity index is 0.000000181. The van der Waals surface area contributed by atoms with Gasteiger partial charge in [-0.15, -0.1) is 0 Å². The van der Waals surface area contributed by atoms with Gasteiger partial charge < -0.3 is 32.3 Å². The molecule has 2 aromatic heterocycles. The Labute approximate surface area is 276 Å². The molecule has 0 amide bonds. The summed E-state index contributed by atoms with van der Waals surface area (Å²) >= 11 is 5.93. The molecule has 0 atom stereocenters. The first-order valence-corrected chi connectivity index (χ1v) is 16.5. The molecule has 244 valence electrons. The molecule has 8 N–H and O–H groups in total. The van der Waals surface area contributed by atoms with Crippen molar-refractivity contribution in [2.75, 3.05) is 22.1 Å². The highest BCUT2D eigenvalue weighted by molar-refractivity contribution is 6.30. The first-order chi connectivity index (χ1) is 22.2. The van der Waals surface area contributed by atoms with Gasteiger partial charge in [-0.3, -0.25) is 0 Å². The summed E-state index contributed by atoms with van der Waals surface area (Å²) in [4.78, 5) is 17.0. The van der Waals surface area contributed by atoms with E-state index in [1.807, 2.05) is 30.5 Å². The minimum atomic E-state index is -0.169. The average molecular weight is 645 g/mol. The van der Waals surface area contributed by atoms with E-state index in [4.69, 9.17) is 23.1 Å². The number of nitrogen functional groups attached to an aromatic ring is 2. The molecule has 0 aliphatic heterocycles. The molecule has 2 fully saturated rings. The molecule has 2 aliphatic rings. The van der Waals surface area contributed by atoms with Crippen molar-refractivity contribution in [3.05, 3.63) is 93.8 Å². The lowest BCUT2D eigenvalue weighted by atomic mass is 9.93. The maximum Gasteiger partial charge on any atom is 0.221 e. The van der Waals surface area contributed by atoms with Gasteiger partial charge in [0.25, 0.3) is 0 Å². The first-order valence-electron chi connectivity index (χ1n) is 16.1. The van der Waals surface area contributed by atoms with Gasteiger partial charge in [0, 0.05) is 53.5 Å². The van der Waals surface area contributed by atoms with Crippen molar-refractivity contribution in [2.24, 2.45) is 0 Å². The van der Waals surface area contributed by atoms with Crippen LogP contribution in [0, 0.1) is 6.92 Å². The van der Waals surface area contributed by atoms with Crippen LogP contribution in [-0.2, 0) is 12.8 Å². The number of hydrogen-bond donors (Lipinski definition) is 6. The normalized spacial score (nSPS) is 21.1. The van der Waals surface area contributed by atoms with Gasteiger partial charge in [0.05, 0.1) is 12.2 Å². The monoisotopic (exact) mass is 644 g/mol. The number of rotatable bonds is 8. The number of aryl methyl sites for hydroxylation is 1. The van der Waals surface area contributed by atoms with Crippen LogP contribution in [0.4, 0.5) is 23.5 Å². The summed E-state index contributed by atoms with van der Waals surface area (Å²) in [6, 6.07) is 16.9. The lowest BCUT2D eigenvalue weighted by Crippen LogP contribution is -2.29. The van der Waals surface area contributed by atoms with Gasteiger partial charge in [0.1, 0.15) is 11.6 Å². The average Bonchev–Trinajstić information content (AvgIpc) is 3.04. The quantitative estimate of drug-likeness (QED) is 0.140. The van der Waals surface area contributed by atoms with Crippen molar-refractivity contribution >= 4 is 35.1 Å². The Morgan fingerprint density at radius 3 is 1.46 bits per heavy atom. The summed E-state index contributed by atoms with van der Waals surface area (Å²) in [6.45, 7) is 2.08. The van der Waals surface area contributed by atoms with E-state index in [9.17, 15) is 10.2 Å². The Morgan fingerprint density at radius 1 is 0.652 bits per heavy atom. The van der Waals surface area contributed by atoms with E-state index < -0.39 is 0 Å². The van der Waals surface area contributed by atoms with Gasteiger partial charge in [-0.2, -0.15) is 9.97 Å². The minimum absolute atomic E-state index is 0.157. The van der Waals surface area contributed by atoms with E-state index in [-0.39, 0.29) is 24.1 Å². The van der Waals surface area contributed by atoms with Crippen molar-refractivity contribution in [3.8, 4) is 0 Å². The van der Waals surface area contributed by atoms with Crippen molar-refractivity contribution in [3.63, 3.8) is 0 Å². The molecule has 2 saturated carbocycles. The zero-order chi connectivity index (χ0) is 32.5. The number of anilines is 4. The highest BCUT2D eigenvalue weighted by atomic mass is 35.5. The van der Waals surface area contributed by atoms with E-state index in [0.717, 1.165) is 97.6 Å². The second-order valence-electron chi connectivity index (χ2n) is 12.5. The SMILES string of the molecule is Cc1ccc(Cc2cnc(N)nc2NC2CCC(O)CC2)cc1.Nc1ncc(Cc2ccc(Cl)cc2)c(NC2CCC(O)CC2)n1. The van der Waals surface area contributed by atoms with Crippen LogP contribution >= 0.6 is 11.6 Å². The number of nitrogens with two attached hydrogens (primary N) is 2. The van der Waals surface area contributed by atoms with Gasteiger partial charge in [-0.05, 0) is 81.5 Å². The third kappa shape index (κ3) is 10.0. The molecule has 2 heterocycles. The third-order valence-corrected chi connectivity index (χ3v) is 8.92. The number of aliphatic hydroxyl groups excluding tert-OH is 2. The molecule has 0 spiro atoms. The topological polar surface area (TPSA) is 168 Å². The molecular weight excluding hydrogens is 600 g/mol. The predicted molar refractivity (Wildman–Crippen MR) is 185 cm³/mol. The predicted octanol–water partition coefficient (Wildman–Crippen LogP) is 5.69. The minimum Gasteiger partial charge on any atom is -0.393 e. The molecule has 2 aliphatic carbocycles. The Kier molecular flexibility index (Phi) is 11.6. The van der Waals surface area contributed by atoms with Crippen LogP contribution in [0.1, 0.15) is 79.2 Å². The van der Waals surface area contributed by atoms with Crippen LogP contribution in [0.2, 0.25) is 5.02 Å². The maximum atomic E-state index is 9.64. The molecule has 6 rings (SSSR count). The Hall–Kier alpha value is -3.99. The zero-order valence-corrected chi connectivity index (χ0v) is 27.1. The lowest BCUT2D eigenvalue weighted by molar-refractivity contribution is 0.125. The van der Waals surface area contributed by atoms with Gasteiger partial charge >= 0.3 is 0 Å². The second kappa shape index (κ2) is 16.0. The summed E-state index contributed by atoms with van der Waals surface area (Å²) in [5.74, 6) is 2.16. The summed E-state index contributed by atoms with van der Waals surface area (Å²) in [6.07, 6.45) is 11.9. The van der Waals surface area contributed by atoms with Crippen LogP contribution in [0.3, 0.4) is 0 Å². The van der Waals surface area contributed by atoms with Crippen molar-refractivity contribution in [1.29, 1.82) is 0 Å². The fourth-order valence-electron chi connectivity index (χ4n) is 5.92. The molecule has 4 aromatic rings. The molecule has 0 bridgehead atoms. The molecule has 2 aromatic carbocycles. The smallest absolute Gasteiger partial charge is 0.221 e. The maximum absolute atomic E-state index is 9.64. The Bertz CT molecular complexity index is 1420. The zero-order valence-electron chi connectivity index (χ0n) is 26.4. The fourth-order valence-corrected chi connectivity index (χ4v) is 6.05. The number of benzene rings is 2. The summed E-state index contributed by atoms with van der Waals surface area (Å²) < 4.78 is 0. The fraction of sp³-hybridized carbons (Fsp3) is 0.429. The third-order valence-electron chi connectivity index (χ3n) is 8.66. The number of nitrogens with zero attached hydrogens (tertiary/aromatic N) is 4. The number of hydrogen-bond acceptors (Lipinski definition) is 10. The van der Waals surface area contributed by atoms with Gasteiger partial charge in [-0.1, -0.05) is 53.6 Å². The van der Waals surface area contributed by atoms with Crippen LogP contribution in [0.15, 0.2) is 60.9 Å². The standard InChI is InChI=1S/C18H24N4O.C17H21ClN4O/c1-12-2-4-13(5-3-12)10-14-11-20-18(19)22-17(14)21-15-6-8-16(23)9-7-15;18-13-3-1-11(2-4-13)9-12-10-20-17(19)22-16(12)21-14-5-7-15(23)8-6-14/h2-5,11,15-16,23H,6-10H2,1H3,(H3,19,20,21,22);1-4,10,14-15,23H,5-9H2,(H3,19,20,21,22). The summed E-state index contributed by atoms with van der Waals surface area (Å²) in [7, 11) is 0. The molecule has 0 radical (unpaired) electrons. The number of halogens is 1. The van der Waals surface area contributed by atoms with Gasteiger partial charge in [0.2, 0.25) is 11.9 Å². The molecule has 10 nitrogen and oxygen atoms in total. The van der Waals surface area contributed by atoms with E-state index >= 15 is 0 Å². The largest absolute Gasteiger partial charge is 0.393 e. The van der Waals surface area contributed by atoms with E-state index in [1.54, 1.807) is 6.20 Å². The summed E-state index contributed by atoms with van der Waals surface area (Å²) in [5, 5.41) is 27.0. The molecular formula is C35H45ClN8O2. The van der Waals surface area contributed by atoms with Crippen LogP contribution in [0.5, 0.6) is 0 Å². The van der Waals surface area contributed by atoms with Crippen LogP contribution < -0.4 is 22.1 Å². The second-order valence-corrected chi connectivity index (χ2v) is 12.9.